The number of benzene rings is 2. The Morgan fingerprint density at radius 3 is 2.86 bits per heavy atom. The van der Waals surface area contributed by atoms with Crippen molar-refractivity contribution < 1.29 is 9.50 Å². The number of aliphatic hydroxyl groups excluding tert-OH is 1. The lowest BCUT2D eigenvalue weighted by Gasteiger charge is -2.20. The number of hydrogen-bond acceptors (Lipinski definition) is 2. The van der Waals surface area contributed by atoms with Crippen LogP contribution in [0.25, 0.3) is 22.9 Å². The summed E-state index contributed by atoms with van der Waals surface area (Å²) in [5.74, 6) is -0.303. The lowest BCUT2D eigenvalue weighted by Crippen LogP contribution is -2.14. The summed E-state index contributed by atoms with van der Waals surface area (Å²) in [4.78, 5) is 4.59. The van der Waals surface area contributed by atoms with Gasteiger partial charge in [0.25, 0.3) is 0 Å². The summed E-state index contributed by atoms with van der Waals surface area (Å²) in [6.07, 6.45) is 10.4. The molecule has 0 saturated carbocycles. The van der Waals surface area contributed by atoms with Crippen LogP contribution in [-0.4, -0.2) is 14.5 Å². The van der Waals surface area contributed by atoms with Gasteiger partial charge in [0.2, 0.25) is 0 Å². The smallest absolute Gasteiger partial charge is 0.141 e. The van der Waals surface area contributed by atoms with Gasteiger partial charge in [-0.15, -0.1) is 0 Å². The molecule has 0 fully saturated rings. The Morgan fingerprint density at radius 1 is 1.14 bits per heavy atom. The molecule has 0 aliphatic heterocycles. The van der Waals surface area contributed by atoms with E-state index in [1.165, 1.54) is 34.4 Å². The van der Waals surface area contributed by atoms with Crippen LogP contribution in [0.5, 0.6) is 0 Å². The van der Waals surface area contributed by atoms with Gasteiger partial charge < -0.3 is 9.51 Å². The van der Waals surface area contributed by atoms with E-state index in [9.17, 15) is 9.50 Å². The average Bonchev–Trinajstić information content (AvgIpc) is 3.09. The summed E-state index contributed by atoms with van der Waals surface area (Å²) < 4.78 is 16.2. The van der Waals surface area contributed by atoms with Crippen molar-refractivity contribution in [2.45, 2.75) is 24.9 Å². The van der Waals surface area contributed by atoms with Crippen molar-refractivity contribution in [2.75, 3.05) is 0 Å². The first-order valence-corrected chi connectivity index (χ1v) is 9.84. The lowest BCUT2D eigenvalue weighted by atomic mass is 9.83. The van der Waals surface area contributed by atoms with Gasteiger partial charge in [-0.25, -0.2) is 9.37 Å². The molecular formula is C25H19FN2O. The number of aromatic nitrogens is 2. The van der Waals surface area contributed by atoms with Crippen LogP contribution < -0.4 is 0 Å². The summed E-state index contributed by atoms with van der Waals surface area (Å²) in [7, 11) is 0. The van der Waals surface area contributed by atoms with Crippen LogP contribution in [-0.2, 0) is 11.8 Å². The van der Waals surface area contributed by atoms with Crippen molar-refractivity contribution in [3.63, 3.8) is 0 Å². The van der Waals surface area contributed by atoms with Gasteiger partial charge in [-0.1, -0.05) is 42.5 Å². The fourth-order valence-corrected chi connectivity index (χ4v) is 4.96. The molecule has 4 aromatic rings. The highest BCUT2D eigenvalue weighted by Crippen LogP contribution is 2.60. The maximum absolute atomic E-state index is 14.2. The Kier molecular flexibility index (Phi) is 3.25. The van der Waals surface area contributed by atoms with Crippen LogP contribution in [0.1, 0.15) is 40.8 Å². The maximum atomic E-state index is 14.2. The molecule has 1 spiro atoms. The summed E-state index contributed by atoms with van der Waals surface area (Å²) in [5.41, 5.74) is 8.10. The average molecular weight is 382 g/mol. The molecule has 0 amide bonds. The second-order valence-corrected chi connectivity index (χ2v) is 8.04. The predicted octanol–water partition coefficient (Wildman–Crippen LogP) is 5.06. The molecule has 29 heavy (non-hydrogen) atoms. The van der Waals surface area contributed by atoms with Crippen molar-refractivity contribution in [3.8, 4) is 11.1 Å². The van der Waals surface area contributed by atoms with E-state index in [1.54, 1.807) is 19.2 Å². The van der Waals surface area contributed by atoms with Gasteiger partial charge in [-0.3, -0.25) is 0 Å². The molecule has 6 rings (SSSR count). The highest BCUT2D eigenvalue weighted by atomic mass is 19.1. The number of fused-ring (bicyclic) bond motifs is 6. The zero-order chi connectivity index (χ0) is 19.8. The second-order valence-electron chi connectivity index (χ2n) is 8.04. The number of allylic oxidation sites excluding steroid dienone is 1. The Balaban J connectivity index is 1.62. The Hall–Kier alpha value is -3.24. The van der Waals surface area contributed by atoms with E-state index in [-0.39, 0.29) is 11.2 Å². The SMILES string of the molecule is CC(O)c1ccc(F)cc1-c1cn2ccnc2c2c1C21C=Cc2ccccc2C1. The van der Waals surface area contributed by atoms with Crippen LogP contribution in [0.2, 0.25) is 0 Å². The molecule has 1 N–H and O–H groups in total. The van der Waals surface area contributed by atoms with Gasteiger partial charge in [0.1, 0.15) is 11.5 Å². The van der Waals surface area contributed by atoms with Gasteiger partial charge >= 0.3 is 0 Å². The van der Waals surface area contributed by atoms with E-state index in [2.05, 4.69) is 41.4 Å². The lowest BCUT2D eigenvalue weighted by molar-refractivity contribution is 0.200. The van der Waals surface area contributed by atoms with E-state index < -0.39 is 6.10 Å². The van der Waals surface area contributed by atoms with Crippen molar-refractivity contribution in [3.05, 3.63) is 101 Å². The molecule has 2 aliphatic rings. The van der Waals surface area contributed by atoms with Crippen LogP contribution in [0.3, 0.4) is 0 Å². The molecule has 3 nitrogen and oxygen atoms in total. The van der Waals surface area contributed by atoms with Gasteiger partial charge in [0.05, 0.1) is 6.10 Å². The minimum absolute atomic E-state index is 0.220. The zero-order valence-electron chi connectivity index (χ0n) is 15.9. The van der Waals surface area contributed by atoms with Crippen molar-refractivity contribution in [1.82, 2.24) is 9.38 Å². The Labute approximate surface area is 167 Å². The van der Waals surface area contributed by atoms with Crippen LogP contribution in [0, 0.1) is 5.82 Å². The number of rotatable bonds is 2. The van der Waals surface area contributed by atoms with E-state index in [1.807, 2.05) is 16.8 Å². The molecule has 2 aliphatic carbocycles. The normalized spacial score (nSPS) is 20.0. The fourth-order valence-electron chi connectivity index (χ4n) is 4.96. The number of imidazole rings is 1. The van der Waals surface area contributed by atoms with Gasteiger partial charge in [0, 0.05) is 35.1 Å². The molecule has 2 aromatic heterocycles. The molecular weight excluding hydrogens is 363 g/mol. The van der Waals surface area contributed by atoms with E-state index >= 15 is 0 Å². The molecule has 0 bridgehead atoms. The first-order chi connectivity index (χ1) is 14.1. The van der Waals surface area contributed by atoms with Crippen LogP contribution >= 0.6 is 0 Å². The van der Waals surface area contributed by atoms with Crippen molar-refractivity contribution in [2.24, 2.45) is 0 Å². The molecule has 4 heteroatoms. The van der Waals surface area contributed by atoms with E-state index in [0.717, 1.165) is 28.8 Å². The van der Waals surface area contributed by atoms with Crippen LogP contribution in [0.15, 0.2) is 67.1 Å². The third-order valence-corrected chi connectivity index (χ3v) is 6.34. The summed E-state index contributed by atoms with van der Waals surface area (Å²) >= 11 is 0. The Morgan fingerprint density at radius 2 is 2.00 bits per heavy atom. The zero-order valence-corrected chi connectivity index (χ0v) is 15.9. The van der Waals surface area contributed by atoms with Crippen LogP contribution in [0.4, 0.5) is 4.39 Å². The second kappa shape index (κ2) is 5.65. The molecule has 142 valence electrons. The minimum Gasteiger partial charge on any atom is -0.389 e. The third-order valence-electron chi connectivity index (χ3n) is 6.34. The fraction of sp³-hybridized carbons (Fsp3) is 0.160. The third kappa shape index (κ3) is 2.23. The van der Waals surface area contributed by atoms with E-state index in [4.69, 9.17) is 0 Å². The van der Waals surface area contributed by atoms with Crippen molar-refractivity contribution >= 4 is 11.7 Å². The highest BCUT2D eigenvalue weighted by molar-refractivity contribution is 5.90. The Bertz CT molecular complexity index is 1330. The molecule has 2 heterocycles. The minimum atomic E-state index is -0.683. The quantitative estimate of drug-likeness (QED) is 0.526. The van der Waals surface area contributed by atoms with Crippen molar-refractivity contribution in [1.29, 1.82) is 0 Å². The number of pyridine rings is 1. The number of hydrogen-bond donors (Lipinski definition) is 1. The summed E-state index contributed by atoms with van der Waals surface area (Å²) in [6, 6.07) is 13.1. The summed E-state index contributed by atoms with van der Waals surface area (Å²) in [6.45, 7) is 1.72. The monoisotopic (exact) mass is 382 g/mol. The molecule has 2 unspecified atom stereocenters. The maximum Gasteiger partial charge on any atom is 0.141 e. The number of halogens is 1. The molecule has 0 radical (unpaired) electrons. The van der Waals surface area contributed by atoms with Gasteiger partial charge in [0.15, 0.2) is 0 Å². The standard InChI is InChI=1S/C25H19FN2O/c1-15(29)19-7-6-18(26)12-20(19)21-14-28-11-10-27-24(28)23-22(21)25(23)9-8-16-4-2-3-5-17(16)13-25/h2-12,14-15,29H,13H2,1H3. The van der Waals surface area contributed by atoms with Gasteiger partial charge in [-0.2, -0.15) is 0 Å². The molecule has 2 atom stereocenters. The first kappa shape index (κ1) is 16.7. The van der Waals surface area contributed by atoms with Gasteiger partial charge in [-0.05, 0) is 53.3 Å². The number of aliphatic hydroxyl groups is 1. The highest BCUT2D eigenvalue weighted by Gasteiger charge is 2.54. The number of nitrogens with zero attached hydrogens (tertiary/aromatic N) is 2. The first-order valence-electron chi connectivity index (χ1n) is 9.84. The summed E-state index contributed by atoms with van der Waals surface area (Å²) in [5, 5.41) is 10.3. The predicted molar refractivity (Wildman–Crippen MR) is 111 cm³/mol. The largest absolute Gasteiger partial charge is 0.389 e. The van der Waals surface area contributed by atoms with E-state index in [0.29, 0.717) is 0 Å². The molecule has 2 aromatic carbocycles. The molecule has 0 saturated heterocycles. The topological polar surface area (TPSA) is 37.5 Å².